The molecule has 0 fully saturated rings. The zero-order chi connectivity index (χ0) is 14.8. The first-order valence-corrected chi connectivity index (χ1v) is 7.51. The van der Waals surface area contributed by atoms with Crippen molar-refractivity contribution in [3.8, 4) is 18.1 Å². The minimum absolute atomic E-state index is 0.0112. The zero-order valence-electron chi connectivity index (χ0n) is 11.4. The number of benzene rings is 1. The lowest BCUT2D eigenvalue weighted by molar-refractivity contribution is -0.385. The number of rotatable bonds is 9. The van der Waals surface area contributed by atoms with Gasteiger partial charge in [0, 0.05) is 12.3 Å². The average molecular weight is 294 g/mol. The quantitative estimate of drug-likeness (QED) is 0.328. The van der Waals surface area contributed by atoms with E-state index in [4.69, 9.17) is 11.2 Å². The van der Waals surface area contributed by atoms with E-state index in [2.05, 4.69) is 11.2 Å². The van der Waals surface area contributed by atoms with Crippen LogP contribution in [0.2, 0.25) is 0 Å². The highest BCUT2D eigenvalue weighted by molar-refractivity contribution is 7.99. The van der Waals surface area contributed by atoms with Crippen LogP contribution in [0, 0.1) is 22.5 Å². The number of anilines is 1. The maximum Gasteiger partial charge on any atom is 0.333 e. The summed E-state index contributed by atoms with van der Waals surface area (Å²) in [4.78, 5) is 10.8. The van der Waals surface area contributed by atoms with Crippen LogP contribution >= 0.6 is 11.8 Å². The van der Waals surface area contributed by atoms with Gasteiger partial charge in [-0.3, -0.25) is 10.1 Å². The van der Waals surface area contributed by atoms with Crippen LogP contribution in [0.1, 0.15) is 13.3 Å². The number of nitro benzene ring substituents is 1. The van der Waals surface area contributed by atoms with Crippen molar-refractivity contribution in [3.63, 3.8) is 0 Å². The van der Waals surface area contributed by atoms with E-state index in [9.17, 15) is 10.1 Å². The monoisotopic (exact) mass is 294 g/mol. The van der Waals surface area contributed by atoms with Crippen LogP contribution in [0.15, 0.2) is 18.2 Å². The first kappa shape index (κ1) is 16.2. The third-order valence-corrected chi connectivity index (χ3v) is 3.25. The number of thioether (sulfide) groups is 1. The third kappa shape index (κ3) is 5.02. The summed E-state index contributed by atoms with van der Waals surface area (Å²) < 4.78 is 5.42. The minimum Gasteiger partial charge on any atom is -0.487 e. The fraction of sp³-hybridized carbons (Fsp3) is 0.429. The van der Waals surface area contributed by atoms with E-state index < -0.39 is 4.92 Å². The summed E-state index contributed by atoms with van der Waals surface area (Å²) >= 11 is 1.61. The van der Waals surface area contributed by atoms with E-state index >= 15 is 0 Å². The minimum atomic E-state index is -0.415. The van der Waals surface area contributed by atoms with Crippen LogP contribution < -0.4 is 10.1 Å². The van der Waals surface area contributed by atoms with E-state index in [1.54, 1.807) is 30.0 Å². The molecule has 0 atom stereocenters. The summed E-state index contributed by atoms with van der Waals surface area (Å²) in [6.07, 6.45) is 5.96. The molecule has 0 spiro atoms. The number of terminal acetylenes is 1. The van der Waals surface area contributed by atoms with Gasteiger partial charge in [-0.15, -0.1) is 18.2 Å². The Labute approximate surface area is 123 Å². The fourth-order valence-corrected chi connectivity index (χ4v) is 2.08. The molecule has 1 aromatic rings. The van der Waals surface area contributed by atoms with Gasteiger partial charge >= 0.3 is 5.69 Å². The second-order valence-corrected chi connectivity index (χ2v) is 5.05. The van der Waals surface area contributed by atoms with Gasteiger partial charge in [-0.25, -0.2) is 0 Å². The molecule has 0 saturated carbocycles. The highest BCUT2D eigenvalue weighted by Gasteiger charge is 2.20. The van der Waals surface area contributed by atoms with E-state index in [0.717, 1.165) is 12.2 Å². The molecule has 0 amide bonds. The summed E-state index contributed by atoms with van der Waals surface area (Å²) in [5.74, 6) is 4.27. The molecule has 0 aliphatic carbocycles. The predicted octanol–water partition coefficient (Wildman–Crippen LogP) is 3.16. The lowest BCUT2D eigenvalue weighted by Gasteiger charge is -2.10. The third-order valence-electron chi connectivity index (χ3n) is 2.39. The van der Waals surface area contributed by atoms with Crippen molar-refractivity contribution in [2.24, 2.45) is 0 Å². The van der Waals surface area contributed by atoms with Gasteiger partial charge in [0.15, 0.2) is 5.75 Å². The molecule has 20 heavy (non-hydrogen) atoms. The first-order valence-electron chi connectivity index (χ1n) is 6.36. The Morgan fingerprint density at radius 3 is 3.00 bits per heavy atom. The molecule has 0 bridgehead atoms. The van der Waals surface area contributed by atoms with Crippen LogP contribution in [0.25, 0.3) is 0 Å². The Morgan fingerprint density at radius 2 is 2.35 bits per heavy atom. The highest BCUT2D eigenvalue weighted by Crippen LogP contribution is 2.34. The van der Waals surface area contributed by atoms with Crippen LogP contribution in [-0.4, -0.2) is 29.6 Å². The topological polar surface area (TPSA) is 64.4 Å². The number of hydrogen-bond donors (Lipinski definition) is 1. The Kier molecular flexibility index (Phi) is 7.36. The molecule has 5 nitrogen and oxygen atoms in total. The lowest BCUT2D eigenvalue weighted by Crippen LogP contribution is -2.08. The molecule has 0 unspecified atom stereocenters. The van der Waals surface area contributed by atoms with Crippen LogP contribution in [0.4, 0.5) is 11.4 Å². The number of hydrogen-bond acceptors (Lipinski definition) is 5. The first-order chi connectivity index (χ1) is 9.70. The second-order valence-electron chi connectivity index (χ2n) is 3.94. The van der Waals surface area contributed by atoms with Crippen molar-refractivity contribution in [2.45, 2.75) is 13.3 Å². The summed E-state index contributed by atoms with van der Waals surface area (Å²) in [5, 5.41) is 14.3. The maximum absolute atomic E-state index is 11.2. The molecule has 0 saturated heterocycles. The van der Waals surface area contributed by atoms with E-state index in [0.29, 0.717) is 30.3 Å². The molecule has 6 heteroatoms. The maximum atomic E-state index is 11.2. The standard InChI is InChI=1S/C14H18N2O3S/c1-3-9-19-13-7-5-6-12(14(13)16(17)18)15-8-11-20-10-4-2/h2,5-7,15H,3,8-11H2,1H3. The van der Waals surface area contributed by atoms with Crippen molar-refractivity contribution in [1.82, 2.24) is 0 Å². The largest absolute Gasteiger partial charge is 0.487 e. The Hall–Kier alpha value is -1.87. The van der Waals surface area contributed by atoms with Crippen molar-refractivity contribution < 1.29 is 9.66 Å². The van der Waals surface area contributed by atoms with Gasteiger partial charge in [-0.05, 0) is 18.6 Å². The average Bonchev–Trinajstić information content (AvgIpc) is 2.44. The number of ether oxygens (including phenoxy) is 1. The molecule has 1 aromatic carbocycles. The van der Waals surface area contributed by atoms with Gasteiger partial charge < -0.3 is 10.1 Å². The zero-order valence-corrected chi connectivity index (χ0v) is 12.2. The summed E-state index contributed by atoms with van der Waals surface area (Å²) in [5.41, 5.74) is 0.466. The SMILES string of the molecule is C#CCSCCNc1cccc(OCCC)c1[N+](=O)[O-]. The summed E-state index contributed by atoms with van der Waals surface area (Å²) in [7, 11) is 0. The molecule has 0 aromatic heterocycles. The Bertz CT molecular complexity index is 486. The van der Waals surface area contributed by atoms with E-state index in [1.165, 1.54) is 0 Å². The molecule has 0 radical (unpaired) electrons. The van der Waals surface area contributed by atoms with Gasteiger partial charge in [0.1, 0.15) is 5.69 Å². The molecule has 0 aliphatic rings. The molecule has 0 aliphatic heterocycles. The molecule has 0 heterocycles. The molecule has 1 rings (SSSR count). The van der Waals surface area contributed by atoms with Crippen molar-refractivity contribution in [1.29, 1.82) is 0 Å². The molecular weight excluding hydrogens is 276 g/mol. The van der Waals surface area contributed by atoms with Crippen molar-refractivity contribution in [3.05, 3.63) is 28.3 Å². The summed E-state index contributed by atoms with van der Waals surface area (Å²) in [6, 6.07) is 5.05. The summed E-state index contributed by atoms with van der Waals surface area (Å²) in [6.45, 7) is 3.03. The smallest absolute Gasteiger partial charge is 0.333 e. The Balaban J connectivity index is 2.74. The van der Waals surface area contributed by atoms with Gasteiger partial charge in [0.2, 0.25) is 0 Å². The van der Waals surface area contributed by atoms with Gasteiger partial charge in [0.05, 0.1) is 17.3 Å². The van der Waals surface area contributed by atoms with Crippen LogP contribution in [0.5, 0.6) is 5.75 Å². The van der Waals surface area contributed by atoms with E-state index in [1.807, 2.05) is 6.92 Å². The highest BCUT2D eigenvalue weighted by atomic mass is 32.2. The van der Waals surface area contributed by atoms with Gasteiger partial charge in [0.25, 0.3) is 0 Å². The van der Waals surface area contributed by atoms with Gasteiger partial charge in [-0.2, -0.15) is 0 Å². The van der Waals surface area contributed by atoms with Gasteiger partial charge in [-0.1, -0.05) is 18.9 Å². The van der Waals surface area contributed by atoms with Crippen molar-refractivity contribution >= 4 is 23.1 Å². The number of nitro groups is 1. The number of nitrogens with zero attached hydrogens (tertiary/aromatic N) is 1. The van der Waals surface area contributed by atoms with Crippen LogP contribution in [0.3, 0.4) is 0 Å². The van der Waals surface area contributed by atoms with E-state index in [-0.39, 0.29) is 5.69 Å². The molecule has 1 N–H and O–H groups in total. The predicted molar refractivity (Wildman–Crippen MR) is 83.5 cm³/mol. The number of para-hydroxylation sites is 1. The number of nitrogens with one attached hydrogen (secondary N) is 1. The van der Waals surface area contributed by atoms with Crippen LogP contribution in [-0.2, 0) is 0 Å². The second kappa shape index (κ2) is 9.10. The van der Waals surface area contributed by atoms with Crippen molar-refractivity contribution in [2.75, 3.05) is 30.0 Å². The molecule has 108 valence electrons. The lowest BCUT2D eigenvalue weighted by atomic mass is 10.2. The Morgan fingerprint density at radius 1 is 1.55 bits per heavy atom. The fourth-order valence-electron chi connectivity index (χ4n) is 1.57. The molecular formula is C14H18N2O3S. The normalized spacial score (nSPS) is 9.80.